The summed E-state index contributed by atoms with van der Waals surface area (Å²) in [5, 5.41) is 3.96. The highest BCUT2D eigenvalue weighted by Gasteiger charge is 2.19. The number of fused-ring (bicyclic) bond motifs is 3. The van der Waals surface area contributed by atoms with Gasteiger partial charge in [-0.05, 0) is 49.1 Å². The fourth-order valence-electron chi connectivity index (χ4n) is 4.72. The predicted molar refractivity (Wildman–Crippen MR) is 146 cm³/mol. The van der Waals surface area contributed by atoms with Gasteiger partial charge in [0.05, 0.1) is 25.5 Å². The molecule has 1 unspecified atom stereocenters. The molecule has 1 atom stereocenters. The van der Waals surface area contributed by atoms with E-state index >= 15 is 0 Å². The summed E-state index contributed by atoms with van der Waals surface area (Å²) in [6, 6.07) is 25.5. The summed E-state index contributed by atoms with van der Waals surface area (Å²) in [5.74, 6) is 0.627. The average Bonchev–Trinajstić information content (AvgIpc) is 3.24. The second-order valence-corrected chi connectivity index (χ2v) is 9.32. The molecule has 5 aromatic rings. The van der Waals surface area contributed by atoms with Crippen molar-refractivity contribution in [3.8, 4) is 5.75 Å². The van der Waals surface area contributed by atoms with Crippen LogP contribution in [0, 0.1) is 0 Å². The number of aromatic nitrogens is 3. The molecule has 37 heavy (non-hydrogen) atoms. The minimum absolute atomic E-state index is 0.00523. The number of hydrogen-bond acceptors (Lipinski definition) is 4. The highest BCUT2D eigenvalue weighted by atomic mass is 16.5. The zero-order chi connectivity index (χ0) is 25.8. The second kappa shape index (κ2) is 10.7. The number of hydrogen-bond donors (Lipinski definition) is 1. The Morgan fingerprint density at radius 2 is 1.70 bits per heavy atom. The first-order valence-corrected chi connectivity index (χ1v) is 12.5. The lowest BCUT2D eigenvalue weighted by Gasteiger charge is -2.15. The van der Waals surface area contributed by atoms with E-state index in [-0.39, 0.29) is 24.1 Å². The third-order valence-corrected chi connectivity index (χ3v) is 6.66. The lowest BCUT2D eigenvalue weighted by Crippen LogP contribution is -2.36. The van der Waals surface area contributed by atoms with Crippen molar-refractivity contribution in [2.45, 2.75) is 38.9 Å². The van der Waals surface area contributed by atoms with E-state index in [1.807, 2.05) is 73.7 Å². The van der Waals surface area contributed by atoms with Gasteiger partial charge in [0, 0.05) is 11.4 Å². The van der Waals surface area contributed by atoms with Gasteiger partial charge >= 0.3 is 0 Å². The van der Waals surface area contributed by atoms with Crippen LogP contribution in [0.4, 0.5) is 0 Å². The van der Waals surface area contributed by atoms with Gasteiger partial charge in [-0.15, -0.1) is 0 Å². The number of rotatable bonds is 9. The van der Waals surface area contributed by atoms with Crippen molar-refractivity contribution in [1.82, 2.24) is 19.4 Å². The van der Waals surface area contributed by atoms with Crippen molar-refractivity contribution in [2.24, 2.45) is 0 Å². The molecular weight excluding hydrogens is 464 g/mol. The number of benzene rings is 3. The number of nitrogens with one attached hydrogen (secondary N) is 1. The van der Waals surface area contributed by atoms with Crippen LogP contribution in [0.15, 0.2) is 90.0 Å². The van der Waals surface area contributed by atoms with Crippen LogP contribution in [0.2, 0.25) is 0 Å². The van der Waals surface area contributed by atoms with Crippen LogP contribution in [0.5, 0.6) is 5.75 Å². The maximum absolute atomic E-state index is 13.7. The molecule has 3 aromatic carbocycles. The van der Waals surface area contributed by atoms with Gasteiger partial charge in [0.1, 0.15) is 23.3 Å². The summed E-state index contributed by atoms with van der Waals surface area (Å²) < 4.78 is 8.61. The predicted octanol–water partition coefficient (Wildman–Crippen LogP) is 4.55. The van der Waals surface area contributed by atoms with E-state index < -0.39 is 0 Å². The van der Waals surface area contributed by atoms with Gasteiger partial charge in [0.15, 0.2) is 0 Å². The van der Waals surface area contributed by atoms with Crippen LogP contribution in [-0.4, -0.2) is 33.2 Å². The van der Waals surface area contributed by atoms with Gasteiger partial charge in [-0.1, -0.05) is 60.7 Å². The van der Waals surface area contributed by atoms with Gasteiger partial charge in [0.25, 0.3) is 5.56 Å². The lowest BCUT2D eigenvalue weighted by molar-refractivity contribution is -0.122. The Balaban J connectivity index is 1.41. The average molecular weight is 495 g/mol. The topological polar surface area (TPSA) is 78.2 Å². The first kappa shape index (κ1) is 24.3. The summed E-state index contributed by atoms with van der Waals surface area (Å²) in [4.78, 5) is 31.4. The maximum atomic E-state index is 13.7. The Hall–Kier alpha value is -4.39. The molecule has 2 heterocycles. The van der Waals surface area contributed by atoms with Crippen molar-refractivity contribution in [3.63, 3.8) is 0 Å². The number of methoxy groups -OCH3 is 1. The number of carbonyl (C=O) groups is 1. The molecule has 0 aliphatic carbocycles. The Labute approximate surface area is 215 Å². The van der Waals surface area contributed by atoms with E-state index in [2.05, 4.69) is 22.4 Å². The van der Waals surface area contributed by atoms with Crippen LogP contribution in [0.1, 0.15) is 24.5 Å². The number of para-hydroxylation sites is 1. The molecule has 2 aromatic heterocycles. The molecule has 0 radical (unpaired) electrons. The van der Waals surface area contributed by atoms with Crippen LogP contribution >= 0.6 is 0 Å². The van der Waals surface area contributed by atoms with E-state index in [0.29, 0.717) is 17.6 Å². The van der Waals surface area contributed by atoms with E-state index in [1.54, 1.807) is 22.6 Å². The molecule has 0 aliphatic heterocycles. The molecule has 1 amide bonds. The first-order valence-electron chi connectivity index (χ1n) is 12.5. The van der Waals surface area contributed by atoms with Crippen LogP contribution < -0.4 is 15.6 Å². The van der Waals surface area contributed by atoms with Crippen molar-refractivity contribution < 1.29 is 9.53 Å². The van der Waals surface area contributed by atoms with E-state index in [4.69, 9.17) is 4.74 Å². The molecule has 7 nitrogen and oxygen atoms in total. The number of aryl methyl sites for hydroxylation is 1. The Kier molecular flexibility index (Phi) is 7.03. The standard InChI is InChI=1S/C30H30N4O3/c1-21(12-13-22-8-4-3-5-9-22)32-27(35)19-34-26-11-7-6-10-25(26)28-29(34)30(36)33(20-31-28)18-23-14-16-24(37-2)17-15-23/h3-11,14-17,20-21H,12-13,18-19H2,1-2H3,(H,32,35). The molecule has 188 valence electrons. The van der Waals surface area contributed by atoms with E-state index in [9.17, 15) is 9.59 Å². The van der Waals surface area contributed by atoms with Crippen LogP contribution in [0.25, 0.3) is 21.9 Å². The highest BCUT2D eigenvalue weighted by Crippen LogP contribution is 2.25. The summed E-state index contributed by atoms with van der Waals surface area (Å²) in [5.41, 5.74) is 3.88. The summed E-state index contributed by atoms with van der Waals surface area (Å²) in [6.45, 7) is 2.43. The number of amides is 1. The van der Waals surface area contributed by atoms with E-state index in [1.165, 1.54) is 5.56 Å². The largest absolute Gasteiger partial charge is 0.497 e. The molecule has 0 aliphatic rings. The Morgan fingerprint density at radius 3 is 2.46 bits per heavy atom. The summed E-state index contributed by atoms with van der Waals surface area (Å²) in [7, 11) is 1.62. The van der Waals surface area contributed by atoms with Gasteiger partial charge in [-0.3, -0.25) is 14.2 Å². The maximum Gasteiger partial charge on any atom is 0.278 e. The Bertz CT molecular complexity index is 1590. The molecule has 0 fully saturated rings. The van der Waals surface area contributed by atoms with Gasteiger partial charge < -0.3 is 14.6 Å². The molecule has 0 spiro atoms. The highest BCUT2D eigenvalue weighted by molar-refractivity contribution is 6.06. The fraction of sp³-hybridized carbons (Fsp3) is 0.233. The molecule has 0 bridgehead atoms. The quantitative estimate of drug-likeness (QED) is 0.326. The monoisotopic (exact) mass is 494 g/mol. The minimum atomic E-state index is -0.179. The Morgan fingerprint density at radius 1 is 0.973 bits per heavy atom. The van der Waals surface area contributed by atoms with Gasteiger partial charge in [0.2, 0.25) is 5.91 Å². The molecule has 0 saturated carbocycles. The smallest absolute Gasteiger partial charge is 0.278 e. The fourth-order valence-corrected chi connectivity index (χ4v) is 4.72. The third kappa shape index (κ3) is 5.26. The zero-order valence-electron chi connectivity index (χ0n) is 21.1. The SMILES string of the molecule is COc1ccc(Cn2cnc3c4ccccc4n(CC(=O)NC(C)CCc4ccccc4)c3c2=O)cc1. The van der Waals surface area contributed by atoms with Crippen LogP contribution in [0.3, 0.4) is 0 Å². The summed E-state index contributed by atoms with van der Waals surface area (Å²) in [6.07, 6.45) is 3.30. The number of carbonyl (C=O) groups excluding carboxylic acids is 1. The number of ether oxygens (including phenoxy) is 1. The molecule has 5 rings (SSSR count). The first-order chi connectivity index (χ1) is 18.0. The van der Waals surface area contributed by atoms with Crippen molar-refractivity contribution in [1.29, 1.82) is 0 Å². The minimum Gasteiger partial charge on any atom is -0.497 e. The van der Waals surface area contributed by atoms with Crippen molar-refractivity contribution >= 4 is 27.8 Å². The molecule has 7 heteroatoms. The zero-order valence-corrected chi connectivity index (χ0v) is 21.1. The normalized spacial score (nSPS) is 12.1. The van der Waals surface area contributed by atoms with Crippen molar-refractivity contribution in [3.05, 3.63) is 107 Å². The summed E-state index contributed by atoms with van der Waals surface area (Å²) >= 11 is 0. The molecule has 1 N–H and O–H groups in total. The number of nitrogens with zero attached hydrogens (tertiary/aromatic N) is 3. The lowest BCUT2D eigenvalue weighted by atomic mass is 10.1. The van der Waals surface area contributed by atoms with Crippen LogP contribution in [-0.2, 0) is 24.3 Å². The van der Waals surface area contributed by atoms with Gasteiger partial charge in [-0.2, -0.15) is 0 Å². The second-order valence-electron chi connectivity index (χ2n) is 9.32. The van der Waals surface area contributed by atoms with E-state index in [0.717, 1.165) is 35.1 Å². The molecule has 0 saturated heterocycles. The molecular formula is C30H30N4O3. The third-order valence-electron chi connectivity index (χ3n) is 6.66. The van der Waals surface area contributed by atoms with Crippen molar-refractivity contribution in [2.75, 3.05) is 7.11 Å². The van der Waals surface area contributed by atoms with Gasteiger partial charge in [-0.25, -0.2) is 4.98 Å².